The molecule has 0 nitrogen and oxygen atoms in total. The molecule has 1 aliphatic carbocycles. The molecule has 0 saturated heterocycles. The van der Waals surface area contributed by atoms with Crippen LogP contribution in [-0.4, -0.2) is 18.0 Å². The Morgan fingerprint density at radius 1 is 0.786 bits per heavy atom. The largest absolute Gasteiger partial charge is 0.459 e. The molecule has 0 atom stereocenters. The second kappa shape index (κ2) is 3.00. The highest BCUT2D eigenvalue weighted by Gasteiger charge is 2.75. The van der Waals surface area contributed by atoms with Crippen LogP contribution in [0.1, 0.15) is 19.3 Å². The fourth-order valence-corrected chi connectivity index (χ4v) is 1.22. The van der Waals surface area contributed by atoms with Crippen LogP contribution < -0.4 is 0 Å². The molecule has 0 aliphatic heterocycles. The minimum Gasteiger partial charge on any atom is -0.199 e. The lowest BCUT2D eigenvalue weighted by Gasteiger charge is -2.38. The van der Waals surface area contributed by atoms with Gasteiger partial charge >= 0.3 is 18.0 Å². The SMILES string of the molecule is FC(F)(F)C(F)(F)C(F)(F)C1CCC1. The second-order valence-electron chi connectivity index (χ2n) is 3.32. The normalized spacial score (nSPS) is 20.8. The van der Waals surface area contributed by atoms with Gasteiger partial charge in [-0.25, -0.2) is 0 Å². The molecular formula is C7H7F7. The molecule has 0 aromatic carbocycles. The average Bonchev–Trinajstić information content (AvgIpc) is 1.78. The Labute approximate surface area is 75.1 Å². The summed E-state index contributed by atoms with van der Waals surface area (Å²) in [5.74, 6) is -12.8. The first-order valence-corrected chi connectivity index (χ1v) is 3.93. The van der Waals surface area contributed by atoms with Gasteiger partial charge in [-0.05, 0) is 12.8 Å². The van der Waals surface area contributed by atoms with Crippen LogP contribution in [-0.2, 0) is 0 Å². The Morgan fingerprint density at radius 2 is 1.21 bits per heavy atom. The zero-order valence-corrected chi connectivity index (χ0v) is 6.84. The standard InChI is InChI=1S/C7H7F7/c8-5(9,4-2-1-3-4)6(10,11)7(12,13)14/h4H,1-3H2. The Balaban J connectivity index is 2.89. The van der Waals surface area contributed by atoms with Crippen LogP contribution >= 0.6 is 0 Å². The predicted octanol–water partition coefficient (Wildman–Crippen LogP) is 3.62. The molecule has 0 N–H and O–H groups in total. The molecule has 0 aromatic heterocycles. The van der Waals surface area contributed by atoms with Crippen molar-refractivity contribution in [3.8, 4) is 0 Å². The molecule has 1 rings (SSSR count). The first kappa shape index (κ1) is 11.6. The topological polar surface area (TPSA) is 0 Å². The number of alkyl halides is 7. The molecule has 1 aliphatic rings. The van der Waals surface area contributed by atoms with E-state index in [1.54, 1.807) is 0 Å². The van der Waals surface area contributed by atoms with Crippen molar-refractivity contribution in [3.05, 3.63) is 0 Å². The van der Waals surface area contributed by atoms with Gasteiger partial charge in [-0.3, -0.25) is 0 Å². The highest BCUT2D eigenvalue weighted by atomic mass is 19.4. The molecular weight excluding hydrogens is 217 g/mol. The Bertz CT molecular complexity index is 213. The maximum Gasteiger partial charge on any atom is 0.459 e. The van der Waals surface area contributed by atoms with Gasteiger partial charge in [-0.2, -0.15) is 30.7 Å². The van der Waals surface area contributed by atoms with Crippen molar-refractivity contribution in [3.63, 3.8) is 0 Å². The molecule has 1 saturated carbocycles. The predicted molar refractivity (Wildman–Crippen MR) is 33.3 cm³/mol. The number of hydrogen-bond donors (Lipinski definition) is 0. The molecule has 0 unspecified atom stereocenters. The first-order valence-electron chi connectivity index (χ1n) is 3.93. The van der Waals surface area contributed by atoms with Crippen molar-refractivity contribution in [2.45, 2.75) is 37.3 Å². The summed E-state index contributed by atoms with van der Waals surface area (Å²) in [7, 11) is 0. The summed E-state index contributed by atoms with van der Waals surface area (Å²) in [6.45, 7) is 0. The lowest BCUT2D eigenvalue weighted by molar-refractivity contribution is -0.370. The fourth-order valence-electron chi connectivity index (χ4n) is 1.22. The Hall–Kier alpha value is -0.490. The van der Waals surface area contributed by atoms with E-state index < -0.39 is 23.9 Å². The van der Waals surface area contributed by atoms with Gasteiger partial charge in [0.05, 0.1) is 0 Å². The summed E-state index contributed by atoms with van der Waals surface area (Å²) in [5, 5.41) is 0. The second-order valence-corrected chi connectivity index (χ2v) is 3.32. The lowest BCUT2D eigenvalue weighted by Crippen LogP contribution is -2.56. The van der Waals surface area contributed by atoms with Gasteiger partial charge in [0.15, 0.2) is 0 Å². The molecule has 0 heterocycles. The maximum atomic E-state index is 12.7. The first-order chi connectivity index (χ1) is 6.11. The summed E-state index contributed by atoms with van der Waals surface area (Å²) < 4.78 is 84.8. The van der Waals surface area contributed by atoms with Gasteiger partial charge in [-0.1, -0.05) is 6.42 Å². The van der Waals surface area contributed by atoms with Gasteiger partial charge < -0.3 is 0 Å². The lowest BCUT2D eigenvalue weighted by atomic mass is 9.78. The van der Waals surface area contributed by atoms with Crippen LogP contribution in [0.4, 0.5) is 30.7 Å². The average molecular weight is 224 g/mol. The van der Waals surface area contributed by atoms with Crippen LogP contribution in [0.3, 0.4) is 0 Å². The van der Waals surface area contributed by atoms with Crippen LogP contribution in [0.5, 0.6) is 0 Å². The molecule has 0 spiro atoms. The zero-order valence-electron chi connectivity index (χ0n) is 6.84. The van der Waals surface area contributed by atoms with Crippen molar-refractivity contribution in [1.82, 2.24) is 0 Å². The van der Waals surface area contributed by atoms with E-state index in [2.05, 4.69) is 0 Å². The smallest absolute Gasteiger partial charge is 0.199 e. The molecule has 1 fully saturated rings. The van der Waals surface area contributed by atoms with Crippen LogP contribution in [0, 0.1) is 5.92 Å². The number of hydrogen-bond acceptors (Lipinski definition) is 0. The van der Waals surface area contributed by atoms with Gasteiger partial charge in [0, 0.05) is 5.92 Å². The van der Waals surface area contributed by atoms with E-state index >= 15 is 0 Å². The van der Waals surface area contributed by atoms with Gasteiger partial charge in [-0.15, -0.1) is 0 Å². The van der Waals surface area contributed by atoms with Gasteiger partial charge in [0.25, 0.3) is 0 Å². The highest BCUT2D eigenvalue weighted by Crippen LogP contribution is 2.54. The number of halogens is 7. The molecule has 0 radical (unpaired) electrons. The van der Waals surface area contributed by atoms with E-state index in [1.165, 1.54) is 0 Å². The summed E-state index contributed by atoms with van der Waals surface area (Å²) in [5.41, 5.74) is 0. The minimum absolute atomic E-state index is 0.272. The molecule has 0 aromatic rings. The van der Waals surface area contributed by atoms with E-state index in [9.17, 15) is 30.7 Å². The number of rotatable bonds is 2. The maximum absolute atomic E-state index is 12.7. The van der Waals surface area contributed by atoms with Crippen LogP contribution in [0.25, 0.3) is 0 Å². The summed E-state index contributed by atoms with van der Waals surface area (Å²) in [6, 6.07) is 0. The monoisotopic (exact) mass is 224 g/mol. The third-order valence-electron chi connectivity index (χ3n) is 2.39. The minimum atomic E-state index is -6.19. The third-order valence-corrected chi connectivity index (χ3v) is 2.39. The van der Waals surface area contributed by atoms with Gasteiger partial charge in [0.2, 0.25) is 0 Å². The van der Waals surface area contributed by atoms with Crippen molar-refractivity contribution in [2.75, 3.05) is 0 Å². The highest BCUT2D eigenvalue weighted by molar-refractivity contribution is 4.98. The van der Waals surface area contributed by atoms with E-state index in [0.29, 0.717) is 0 Å². The molecule has 0 bridgehead atoms. The summed E-state index contributed by atoms with van der Waals surface area (Å²) in [4.78, 5) is 0. The van der Waals surface area contributed by atoms with Crippen molar-refractivity contribution < 1.29 is 30.7 Å². The Morgan fingerprint density at radius 3 is 1.43 bits per heavy atom. The van der Waals surface area contributed by atoms with E-state index in [4.69, 9.17) is 0 Å². The van der Waals surface area contributed by atoms with E-state index in [1.807, 2.05) is 0 Å². The summed E-state index contributed by atoms with van der Waals surface area (Å²) >= 11 is 0. The molecule has 14 heavy (non-hydrogen) atoms. The van der Waals surface area contributed by atoms with Gasteiger partial charge in [0.1, 0.15) is 0 Å². The molecule has 0 amide bonds. The van der Waals surface area contributed by atoms with Crippen LogP contribution in [0.15, 0.2) is 0 Å². The van der Waals surface area contributed by atoms with Crippen molar-refractivity contribution in [1.29, 1.82) is 0 Å². The van der Waals surface area contributed by atoms with Crippen molar-refractivity contribution >= 4 is 0 Å². The quantitative estimate of drug-likeness (QED) is 0.628. The van der Waals surface area contributed by atoms with Crippen LogP contribution in [0.2, 0.25) is 0 Å². The zero-order chi connectivity index (χ0) is 11.2. The molecule has 7 heteroatoms. The van der Waals surface area contributed by atoms with E-state index in [-0.39, 0.29) is 19.3 Å². The third kappa shape index (κ3) is 1.46. The van der Waals surface area contributed by atoms with E-state index in [0.717, 1.165) is 0 Å². The molecule has 84 valence electrons. The summed E-state index contributed by atoms with van der Waals surface area (Å²) in [6.07, 6.45) is -6.47. The Kier molecular flexibility index (Phi) is 2.48. The van der Waals surface area contributed by atoms with Crippen molar-refractivity contribution in [2.24, 2.45) is 5.92 Å². The fraction of sp³-hybridized carbons (Fsp3) is 1.00.